The van der Waals surface area contributed by atoms with Crippen LogP contribution in [-0.4, -0.2) is 15.0 Å². The summed E-state index contributed by atoms with van der Waals surface area (Å²) in [5.41, 5.74) is 15.1. The van der Waals surface area contributed by atoms with Crippen LogP contribution >= 0.6 is 0 Å². The van der Waals surface area contributed by atoms with Gasteiger partial charge in [0.1, 0.15) is 0 Å². The zero-order valence-corrected chi connectivity index (χ0v) is 30.8. The quantitative estimate of drug-likeness (QED) is 0.159. The van der Waals surface area contributed by atoms with Crippen LogP contribution in [0.1, 0.15) is 11.1 Å². The minimum atomic E-state index is 0.473. The van der Waals surface area contributed by atoms with Crippen LogP contribution in [0.15, 0.2) is 170 Å². The lowest BCUT2D eigenvalue weighted by Gasteiger charge is -2.13. The predicted octanol–water partition coefficient (Wildman–Crippen LogP) is 13.0. The van der Waals surface area contributed by atoms with Crippen molar-refractivity contribution in [3.05, 3.63) is 192 Å². The second kappa shape index (κ2) is 14.0. The molecule has 8 aromatic carbocycles. The van der Waals surface area contributed by atoms with Gasteiger partial charge in [-0.05, 0) is 103 Å². The smallest absolute Gasteiger partial charge is 0.187 e. The molecule has 1 heterocycles. The first-order valence-electron chi connectivity index (χ1n) is 18.7. The maximum atomic E-state index is 10.4. The molecule has 0 amide bonds. The number of hydrogen-bond acceptors (Lipinski definition) is 5. The maximum Gasteiger partial charge on any atom is 0.187 e. The fourth-order valence-electron chi connectivity index (χ4n) is 7.94. The van der Waals surface area contributed by atoms with E-state index >= 15 is 0 Å². The highest BCUT2D eigenvalue weighted by Gasteiger charge is 2.22. The van der Waals surface area contributed by atoms with Gasteiger partial charge in [0.25, 0.3) is 0 Å². The zero-order chi connectivity index (χ0) is 39.2. The normalized spacial score (nSPS) is 11.1. The Morgan fingerprint density at radius 2 is 0.897 bits per heavy atom. The fourth-order valence-corrected chi connectivity index (χ4v) is 7.94. The lowest BCUT2D eigenvalue weighted by atomic mass is 9.91. The van der Waals surface area contributed by atoms with E-state index in [0.29, 0.717) is 34.3 Å². The van der Waals surface area contributed by atoms with Gasteiger partial charge in [0.2, 0.25) is 0 Å². The van der Waals surface area contributed by atoms with Crippen molar-refractivity contribution in [2.45, 2.75) is 0 Å². The molecule has 0 N–H and O–H groups in total. The summed E-state index contributed by atoms with van der Waals surface area (Å²) in [4.78, 5) is 17.9. The van der Waals surface area contributed by atoms with Crippen molar-refractivity contribution in [3.8, 4) is 102 Å². The van der Waals surface area contributed by atoms with E-state index in [-0.39, 0.29) is 0 Å². The van der Waals surface area contributed by atoms with Gasteiger partial charge in [-0.2, -0.15) is 10.5 Å². The monoisotopic (exact) mass is 736 g/mol. The molecule has 0 aliphatic heterocycles. The Kier molecular flexibility index (Phi) is 8.20. The molecule has 0 spiro atoms. The molecule has 58 heavy (non-hydrogen) atoms. The molecule has 6 nitrogen and oxygen atoms in total. The first-order chi connectivity index (χ1) is 28.6. The number of benzene rings is 8. The van der Waals surface area contributed by atoms with Crippen LogP contribution in [0.25, 0.3) is 105 Å². The molecule has 1 aromatic heterocycles. The lowest BCUT2D eigenvalue weighted by molar-refractivity contribution is 1.07. The third kappa shape index (κ3) is 5.85. The Morgan fingerprint density at radius 3 is 1.52 bits per heavy atom. The van der Waals surface area contributed by atoms with E-state index in [1.807, 2.05) is 60.7 Å². The lowest BCUT2D eigenvalue weighted by Crippen LogP contribution is -2.00. The van der Waals surface area contributed by atoms with Crippen molar-refractivity contribution in [3.63, 3.8) is 0 Å². The Hall–Kier alpha value is -8.50. The Balaban J connectivity index is 0.976. The van der Waals surface area contributed by atoms with Gasteiger partial charge in [0.15, 0.2) is 23.2 Å². The van der Waals surface area contributed by atoms with E-state index in [0.717, 1.165) is 50.1 Å². The SMILES string of the molecule is [C-]#[N+]c1ccc(-c2nc(-c3ccc(C#N)cc3)nc(-c3ccc(-c4ccc(-c5cccc(-c6ccc7c8c(cccc68)-c6ccccc6-7)c5)c(C#N)c4)cc3)n2)cc1. The summed E-state index contributed by atoms with van der Waals surface area (Å²) < 4.78 is 0. The molecule has 0 fully saturated rings. The van der Waals surface area contributed by atoms with Crippen molar-refractivity contribution in [2.24, 2.45) is 0 Å². The summed E-state index contributed by atoms with van der Waals surface area (Å²) in [7, 11) is 0. The highest BCUT2D eigenvalue weighted by Crippen LogP contribution is 2.49. The van der Waals surface area contributed by atoms with Gasteiger partial charge in [-0.1, -0.05) is 133 Å². The van der Waals surface area contributed by atoms with Crippen LogP contribution in [0.4, 0.5) is 5.69 Å². The number of nitrogens with zero attached hydrogens (tertiary/aromatic N) is 6. The molecule has 0 saturated heterocycles. The topological polar surface area (TPSA) is 90.6 Å². The second-order valence-electron chi connectivity index (χ2n) is 14.1. The van der Waals surface area contributed by atoms with Gasteiger partial charge in [-0.3, -0.25) is 0 Å². The van der Waals surface area contributed by atoms with E-state index in [4.69, 9.17) is 21.5 Å². The van der Waals surface area contributed by atoms with Crippen molar-refractivity contribution in [1.82, 2.24) is 15.0 Å². The van der Waals surface area contributed by atoms with E-state index in [2.05, 4.69) is 102 Å². The predicted molar refractivity (Wildman–Crippen MR) is 230 cm³/mol. The standard InChI is InChI=1S/C52H28N6/c1-55-41-23-20-36(21-24-41)52-57-50(34-14-12-32(30-53)13-15-34)56-51(58-52)35-18-16-33(17-19-35)37-22-25-42(40(28-37)31-54)38-6-4-7-39(29-38)43-26-27-48-45-9-3-2-8-44(45)47-11-5-10-46(43)49(47)48/h2-29H. The minimum absolute atomic E-state index is 0.473. The van der Waals surface area contributed by atoms with Crippen LogP contribution in [0.3, 0.4) is 0 Å². The molecule has 0 atom stereocenters. The van der Waals surface area contributed by atoms with Gasteiger partial charge < -0.3 is 0 Å². The van der Waals surface area contributed by atoms with Gasteiger partial charge in [-0.15, -0.1) is 0 Å². The van der Waals surface area contributed by atoms with Gasteiger partial charge in [0, 0.05) is 16.7 Å². The maximum absolute atomic E-state index is 10.4. The van der Waals surface area contributed by atoms with E-state index in [9.17, 15) is 10.5 Å². The zero-order valence-electron chi connectivity index (χ0n) is 30.8. The third-order valence-electron chi connectivity index (χ3n) is 10.8. The van der Waals surface area contributed by atoms with Crippen LogP contribution in [0, 0.1) is 29.2 Å². The second-order valence-corrected chi connectivity index (χ2v) is 14.1. The molecular formula is C52H28N6. The van der Waals surface area contributed by atoms with Crippen molar-refractivity contribution >= 4 is 16.5 Å². The largest absolute Gasteiger partial charge is 0.238 e. The Labute approximate surface area is 335 Å². The van der Waals surface area contributed by atoms with Crippen molar-refractivity contribution < 1.29 is 0 Å². The summed E-state index contributed by atoms with van der Waals surface area (Å²) in [5, 5.41) is 22.2. The van der Waals surface area contributed by atoms with E-state index in [1.165, 1.54) is 33.0 Å². The van der Waals surface area contributed by atoms with E-state index < -0.39 is 0 Å². The van der Waals surface area contributed by atoms with Gasteiger partial charge in [-0.25, -0.2) is 19.8 Å². The molecular weight excluding hydrogens is 709 g/mol. The molecule has 10 rings (SSSR count). The number of nitriles is 2. The molecule has 0 bridgehead atoms. The molecule has 6 heteroatoms. The van der Waals surface area contributed by atoms with Crippen LogP contribution in [-0.2, 0) is 0 Å². The first kappa shape index (κ1) is 34.0. The average Bonchev–Trinajstić information content (AvgIpc) is 3.63. The third-order valence-corrected chi connectivity index (χ3v) is 10.8. The Bertz CT molecular complexity index is 3130. The Morgan fingerprint density at radius 1 is 0.397 bits per heavy atom. The molecule has 1 aliphatic carbocycles. The number of hydrogen-bond donors (Lipinski definition) is 0. The highest BCUT2D eigenvalue weighted by atomic mass is 15.0. The summed E-state index contributed by atoms with van der Waals surface area (Å²) in [6.45, 7) is 7.33. The number of fused-ring (bicyclic) bond motifs is 3. The molecule has 0 unspecified atom stereocenters. The van der Waals surface area contributed by atoms with Crippen LogP contribution < -0.4 is 0 Å². The average molecular weight is 737 g/mol. The summed E-state index contributed by atoms with van der Waals surface area (Å²) in [5.74, 6) is 1.44. The van der Waals surface area contributed by atoms with E-state index in [1.54, 1.807) is 24.3 Å². The number of rotatable bonds is 6. The highest BCUT2D eigenvalue weighted by molar-refractivity contribution is 6.18. The van der Waals surface area contributed by atoms with Crippen LogP contribution in [0.2, 0.25) is 0 Å². The minimum Gasteiger partial charge on any atom is -0.238 e. The fraction of sp³-hybridized carbons (Fsp3) is 0. The van der Waals surface area contributed by atoms with Crippen molar-refractivity contribution in [2.75, 3.05) is 0 Å². The van der Waals surface area contributed by atoms with Crippen LogP contribution in [0.5, 0.6) is 0 Å². The summed E-state index contributed by atoms with van der Waals surface area (Å²) in [6, 6.07) is 61.0. The van der Waals surface area contributed by atoms with Gasteiger partial charge >= 0.3 is 0 Å². The first-order valence-corrected chi connectivity index (χ1v) is 18.7. The molecule has 266 valence electrons. The van der Waals surface area contributed by atoms with Crippen molar-refractivity contribution in [1.29, 1.82) is 10.5 Å². The molecule has 0 radical (unpaired) electrons. The summed E-state index contributed by atoms with van der Waals surface area (Å²) in [6.07, 6.45) is 0. The molecule has 9 aromatic rings. The molecule has 1 aliphatic rings. The van der Waals surface area contributed by atoms with Gasteiger partial charge in [0.05, 0.1) is 29.8 Å². The molecule has 0 saturated carbocycles. The summed E-state index contributed by atoms with van der Waals surface area (Å²) >= 11 is 0. The number of aromatic nitrogens is 3.